The Morgan fingerprint density at radius 3 is 2.08 bits per heavy atom. The number of hydrogen-bond donors (Lipinski definition) is 2. The van der Waals surface area contributed by atoms with Crippen LogP contribution < -0.4 is 0 Å². The van der Waals surface area contributed by atoms with Crippen molar-refractivity contribution in [1.82, 2.24) is 0 Å². The summed E-state index contributed by atoms with van der Waals surface area (Å²) < 4.78 is 6.28. The molecular formula is C35H56O5. The van der Waals surface area contributed by atoms with Gasteiger partial charge in [-0.3, -0.25) is 9.59 Å². The smallest absolute Gasteiger partial charge is 0.306 e. The van der Waals surface area contributed by atoms with Gasteiger partial charge in [0, 0.05) is 36.0 Å². The molecule has 0 aromatic rings. The zero-order chi connectivity index (χ0) is 28.9. The first-order chi connectivity index (χ1) is 19.2. The average Bonchev–Trinajstić information content (AvgIpc) is 3.41. The van der Waals surface area contributed by atoms with Crippen LogP contribution in [0.2, 0.25) is 0 Å². The summed E-state index contributed by atoms with van der Waals surface area (Å²) in [6.07, 6.45) is 22.2. The van der Waals surface area contributed by atoms with Crippen molar-refractivity contribution in [2.24, 2.45) is 35.5 Å². The number of fused-ring (bicyclic) bond motifs is 5. The van der Waals surface area contributed by atoms with Gasteiger partial charge < -0.3 is 14.9 Å². The lowest BCUT2D eigenvalue weighted by molar-refractivity contribution is -0.172. The van der Waals surface area contributed by atoms with Crippen molar-refractivity contribution in [2.45, 2.75) is 142 Å². The molecule has 0 spiro atoms. The van der Waals surface area contributed by atoms with Gasteiger partial charge in [0.15, 0.2) is 5.78 Å². The number of unbranched alkanes of at least 4 members (excludes halogenated alkanes) is 12. The van der Waals surface area contributed by atoms with Gasteiger partial charge in [-0.2, -0.15) is 0 Å². The standard InChI is InChI=1S/C35H56O5/c1-5-6-7-8-9-10-11-12-13-14-15-16-17-18-31(37)40-34-22-25(3)35(39)29-19-24(2)33(38)28(29)20-27(23-36)21-30(35)32(34)26(34)4/h19,21,25-26,28-30,32,36,39H,5-18,20,22-23H2,1-4H3. The molecule has 8 atom stereocenters. The Kier molecular flexibility index (Phi) is 10.8. The first-order valence-electron chi connectivity index (χ1n) is 16.7. The number of hydrogen-bond acceptors (Lipinski definition) is 5. The number of esters is 1. The lowest BCUT2D eigenvalue weighted by Gasteiger charge is -2.49. The van der Waals surface area contributed by atoms with Crippen LogP contribution in [0.3, 0.4) is 0 Å². The van der Waals surface area contributed by atoms with E-state index in [0.29, 0.717) is 19.3 Å². The van der Waals surface area contributed by atoms with Gasteiger partial charge in [-0.05, 0) is 43.3 Å². The molecule has 0 saturated heterocycles. The van der Waals surface area contributed by atoms with E-state index < -0.39 is 11.2 Å². The van der Waals surface area contributed by atoms with Crippen molar-refractivity contribution in [3.63, 3.8) is 0 Å². The molecule has 0 bridgehead atoms. The minimum absolute atomic E-state index is 0.0222. The van der Waals surface area contributed by atoms with Crippen LogP contribution in [0.4, 0.5) is 0 Å². The Balaban J connectivity index is 1.23. The molecule has 4 aliphatic carbocycles. The molecule has 0 aromatic carbocycles. The second-order valence-electron chi connectivity index (χ2n) is 13.8. The average molecular weight is 557 g/mol. The summed E-state index contributed by atoms with van der Waals surface area (Å²) in [5.41, 5.74) is -0.0660. The monoisotopic (exact) mass is 556 g/mol. The summed E-state index contributed by atoms with van der Waals surface area (Å²) in [6, 6.07) is 0. The number of carbonyl (C=O) groups excluding carboxylic acids is 2. The molecule has 2 N–H and O–H groups in total. The Labute approximate surface area is 243 Å². The SMILES string of the molecule is CCCCCCCCCCCCCCCC(=O)OC12CC(C)C3(O)C4C=C(C)C(=O)C4CC(CO)=CC3C1C2C. The fourth-order valence-corrected chi connectivity index (χ4v) is 8.69. The first kappa shape index (κ1) is 31.5. The number of aliphatic hydroxyl groups is 2. The molecule has 0 amide bonds. The van der Waals surface area contributed by atoms with Crippen LogP contribution in [0.15, 0.2) is 23.3 Å². The van der Waals surface area contributed by atoms with E-state index in [4.69, 9.17) is 4.74 Å². The van der Waals surface area contributed by atoms with Gasteiger partial charge in [0.1, 0.15) is 5.60 Å². The third kappa shape index (κ3) is 6.31. The molecule has 8 unspecified atom stereocenters. The van der Waals surface area contributed by atoms with Gasteiger partial charge in [-0.15, -0.1) is 0 Å². The predicted octanol–water partition coefficient (Wildman–Crippen LogP) is 7.49. The van der Waals surface area contributed by atoms with Crippen molar-refractivity contribution in [1.29, 1.82) is 0 Å². The van der Waals surface area contributed by atoms with Gasteiger partial charge in [-0.25, -0.2) is 0 Å². The number of carbonyl (C=O) groups is 2. The van der Waals surface area contributed by atoms with Gasteiger partial charge >= 0.3 is 5.97 Å². The molecule has 226 valence electrons. The number of ketones is 1. The quantitative estimate of drug-likeness (QED) is 0.117. The second-order valence-corrected chi connectivity index (χ2v) is 13.8. The van der Waals surface area contributed by atoms with Gasteiger partial charge in [0.05, 0.1) is 12.2 Å². The Morgan fingerprint density at radius 2 is 1.50 bits per heavy atom. The van der Waals surface area contributed by atoms with Gasteiger partial charge in [0.25, 0.3) is 0 Å². The zero-order valence-electron chi connectivity index (χ0n) is 25.8. The molecule has 2 saturated carbocycles. The van der Waals surface area contributed by atoms with Crippen molar-refractivity contribution < 1.29 is 24.5 Å². The summed E-state index contributed by atoms with van der Waals surface area (Å²) >= 11 is 0. The topological polar surface area (TPSA) is 83.8 Å². The number of ether oxygens (including phenoxy) is 1. The second kappa shape index (κ2) is 13.7. The van der Waals surface area contributed by atoms with E-state index in [0.717, 1.165) is 24.0 Å². The third-order valence-electron chi connectivity index (χ3n) is 11.1. The van der Waals surface area contributed by atoms with Crippen LogP contribution >= 0.6 is 0 Å². The molecule has 5 heteroatoms. The largest absolute Gasteiger partial charge is 0.458 e. The lowest BCUT2D eigenvalue weighted by atomic mass is 9.61. The molecule has 5 nitrogen and oxygen atoms in total. The highest BCUT2D eigenvalue weighted by atomic mass is 16.6. The van der Waals surface area contributed by atoms with Crippen LogP contribution in [0.5, 0.6) is 0 Å². The summed E-state index contributed by atoms with van der Waals surface area (Å²) in [5, 5.41) is 22.4. The maximum absolute atomic E-state index is 13.0. The maximum atomic E-state index is 13.0. The highest BCUT2D eigenvalue weighted by molar-refractivity contribution is 5.99. The fourth-order valence-electron chi connectivity index (χ4n) is 8.69. The number of allylic oxidation sites excluding steroid dienone is 1. The summed E-state index contributed by atoms with van der Waals surface area (Å²) in [5.74, 6) is -0.770. The van der Waals surface area contributed by atoms with Gasteiger partial charge in [-0.1, -0.05) is 110 Å². The number of aliphatic hydroxyl groups excluding tert-OH is 1. The molecule has 2 fully saturated rings. The van der Waals surface area contributed by atoms with E-state index in [1.165, 1.54) is 70.6 Å². The van der Waals surface area contributed by atoms with Crippen molar-refractivity contribution >= 4 is 11.8 Å². The van der Waals surface area contributed by atoms with Crippen molar-refractivity contribution in [3.8, 4) is 0 Å². The van der Waals surface area contributed by atoms with E-state index in [9.17, 15) is 19.8 Å². The Bertz CT molecular complexity index is 951. The molecule has 4 rings (SSSR count). The van der Waals surface area contributed by atoms with Crippen LogP contribution in [-0.4, -0.2) is 39.8 Å². The highest BCUT2D eigenvalue weighted by Gasteiger charge is 2.76. The van der Waals surface area contributed by atoms with Crippen molar-refractivity contribution in [2.75, 3.05) is 6.61 Å². The van der Waals surface area contributed by atoms with E-state index in [1.807, 2.05) is 19.1 Å². The van der Waals surface area contributed by atoms with Gasteiger partial charge in [0.2, 0.25) is 0 Å². The van der Waals surface area contributed by atoms with E-state index in [1.54, 1.807) is 0 Å². The Hall–Kier alpha value is -1.46. The minimum atomic E-state index is -1.07. The van der Waals surface area contributed by atoms with Crippen LogP contribution in [-0.2, 0) is 14.3 Å². The predicted molar refractivity (Wildman–Crippen MR) is 160 cm³/mol. The lowest BCUT2D eigenvalue weighted by Crippen LogP contribution is -2.56. The molecule has 0 heterocycles. The first-order valence-corrected chi connectivity index (χ1v) is 16.7. The summed E-state index contributed by atoms with van der Waals surface area (Å²) in [7, 11) is 0. The van der Waals surface area contributed by atoms with E-state index >= 15 is 0 Å². The minimum Gasteiger partial charge on any atom is -0.458 e. The van der Waals surface area contributed by atoms with Crippen LogP contribution in [0.1, 0.15) is 130 Å². The Morgan fingerprint density at radius 1 is 0.925 bits per heavy atom. The van der Waals surface area contributed by atoms with E-state index in [2.05, 4.69) is 20.8 Å². The number of rotatable bonds is 16. The fraction of sp³-hybridized carbons (Fsp3) is 0.829. The van der Waals surface area contributed by atoms with E-state index in [-0.39, 0.29) is 53.9 Å². The molecule has 0 aliphatic heterocycles. The van der Waals surface area contributed by atoms with Crippen LogP contribution in [0, 0.1) is 35.5 Å². The summed E-state index contributed by atoms with van der Waals surface area (Å²) in [4.78, 5) is 25.9. The zero-order valence-corrected chi connectivity index (χ0v) is 25.8. The van der Waals surface area contributed by atoms with Crippen molar-refractivity contribution in [3.05, 3.63) is 23.3 Å². The molecular weight excluding hydrogens is 500 g/mol. The normalized spacial score (nSPS) is 36.2. The maximum Gasteiger partial charge on any atom is 0.306 e. The third-order valence-corrected chi connectivity index (χ3v) is 11.1. The molecule has 4 aliphatic rings. The number of Topliss-reactive ketones (excluding diaryl/α,β-unsaturated/α-hetero) is 1. The van der Waals surface area contributed by atoms with Crippen LogP contribution in [0.25, 0.3) is 0 Å². The molecule has 0 radical (unpaired) electrons. The highest BCUT2D eigenvalue weighted by Crippen LogP contribution is 2.70. The summed E-state index contributed by atoms with van der Waals surface area (Å²) in [6.45, 7) is 8.19. The molecule has 40 heavy (non-hydrogen) atoms. The molecule has 0 aromatic heterocycles.